The second kappa shape index (κ2) is 6.06. The Balaban J connectivity index is 1.96. The van der Waals surface area contributed by atoms with E-state index in [2.05, 4.69) is 17.3 Å². The van der Waals surface area contributed by atoms with Crippen LogP contribution in [0.3, 0.4) is 0 Å². The van der Waals surface area contributed by atoms with Gasteiger partial charge in [0.1, 0.15) is 0 Å². The Bertz CT molecular complexity index is 662. The van der Waals surface area contributed by atoms with Gasteiger partial charge in [0.15, 0.2) is 0 Å². The van der Waals surface area contributed by atoms with Gasteiger partial charge in [-0.2, -0.15) is 5.10 Å². The summed E-state index contributed by atoms with van der Waals surface area (Å²) in [6, 6.07) is 6.35. The fourth-order valence-electron chi connectivity index (χ4n) is 1.82. The summed E-state index contributed by atoms with van der Waals surface area (Å²) in [7, 11) is -3.63. The molecule has 0 saturated carbocycles. The first-order valence-electron chi connectivity index (χ1n) is 6.37. The minimum absolute atomic E-state index is 0.110. The molecule has 20 heavy (non-hydrogen) atoms. The lowest BCUT2D eigenvalue weighted by molar-refractivity contribution is 0.598. The van der Waals surface area contributed by atoms with Crippen LogP contribution in [0.2, 0.25) is 0 Å². The molecule has 0 amide bonds. The average Bonchev–Trinajstić information content (AvgIpc) is 2.84. The van der Waals surface area contributed by atoms with Crippen molar-refractivity contribution in [1.29, 1.82) is 0 Å². The van der Waals surface area contributed by atoms with Gasteiger partial charge in [-0.25, -0.2) is 13.6 Å². The molecule has 0 radical (unpaired) electrons. The molecule has 108 valence electrons. The average molecular weight is 294 g/mol. The molecule has 2 rings (SSSR count). The number of nitrogens with zero attached hydrogens (tertiary/aromatic N) is 2. The summed E-state index contributed by atoms with van der Waals surface area (Å²) in [5.74, 6) is 0. The summed E-state index contributed by atoms with van der Waals surface area (Å²) >= 11 is 0. The van der Waals surface area contributed by atoms with Gasteiger partial charge in [0.25, 0.3) is 0 Å². The third kappa shape index (κ3) is 3.82. The first kappa shape index (κ1) is 14.5. The van der Waals surface area contributed by atoms with Crippen molar-refractivity contribution in [3.63, 3.8) is 0 Å². The van der Waals surface area contributed by atoms with Crippen LogP contribution in [0.4, 0.5) is 5.69 Å². The van der Waals surface area contributed by atoms with Gasteiger partial charge in [0.2, 0.25) is 10.0 Å². The summed E-state index contributed by atoms with van der Waals surface area (Å²) in [5.41, 5.74) is 1.91. The zero-order chi connectivity index (χ0) is 14.6. The summed E-state index contributed by atoms with van der Waals surface area (Å²) in [5, 5.41) is 12.5. The second-order valence-corrected chi connectivity index (χ2v) is 6.10. The van der Waals surface area contributed by atoms with E-state index in [1.807, 2.05) is 17.1 Å². The van der Waals surface area contributed by atoms with E-state index >= 15 is 0 Å². The third-order valence-corrected chi connectivity index (χ3v) is 3.75. The normalized spacial score (nSPS) is 11.5. The molecule has 0 atom stereocenters. The van der Waals surface area contributed by atoms with Crippen molar-refractivity contribution in [2.45, 2.75) is 31.3 Å². The molecular weight excluding hydrogens is 276 g/mol. The zero-order valence-electron chi connectivity index (χ0n) is 11.3. The summed E-state index contributed by atoms with van der Waals surface area (Å²) < 4.78 is 24.2. The summed E-state index contributed by atoms with van der Waals surface area (Å²) in [6.45, 7) is 3.65. The van der Waals surface area contributed by atoms with E-state index in [1.165, 1.54) is 12.1 Å². The van der Waals surface area contributed by atoms with Crippen molar-refractivity contribution >= 4 is 15.7 Å². The SMILES string of the molecule is CCCn1cc(CNc2ccc(S(N)(=O)=O)cc2)cn1. The highest BCUT2D eigenvalue weighted by atomic mass is 32.2. The quantitative estimate of drug-likeness (QED) is 0.846. The van der Waals surface area contributed by atoms with E-state index in [-0.39, 0.29) is 4.90 Å². The number of sulfonamides is 1. The van der Waals surface area contributed by atoms with Gasteiger partial charge in [0, 0.05) is 30.5 Å². The van der Waals surface area contributed by atoms with Crippen molar-refractivity contribution in [3.05, 3.63) is 42.2 Å². The molecule has 0 unspecified atom stereocenters. The minimum atomic E-state index is -3.63. The lowest BCUT2D eigenvalue weighted by Crippen LogP contribution is -2.11. The molecule has 6 nitrogen and oxygen atoms in total. The molecule has 0 aliphatic carbocycles. The molecule has 0 spiro atoms. The number of anilines is 1. The fraction of sp³-hybridized carbons (Fsp3) is 0.308. The topological polar surface area (TPSA) is 90.0 Å². The Hall–Kier alpha value is -1.86. The lowest BCUT2D eigenvalue weighted by Gasteiger charge is -2.05. The highest BCUT2D eigenvalue weighted by Gasteiger charge is 2.06. The molecule has 1 aromatic heterocycles. The number of aryl methyl sites for hydroxylation is 1. The Labute approximate surface area is 118 Å². The third-order valence-electron chi connectivity index (χ3n) is 2.82. The molecule has 3 N–H and O–H groups in total. The van der Waals surface area contributed by atoms with Crippen molar-refractivity contribution in [2.24, 2.45) is 5.14 Å². The molecule has 2 aromatic rings. The number of aromatic nitrogens is 2. The molecular formula is C13H18N4O2S. The summed E-state index contributed by atoms with van der Waals surface area (Å²) in [6.07, 6.45) is 4.86. The maximum atomic E-state index is 11.1. The number of hydrogen-bond donors (Lipinski definition) is 2. The van der Waals surface area contributed by atoms with E-state index in [1.54, 1.807) is 12.1 Å². The van der Waals surface area contributed by atoms with Gasteiger partial charge >= 0.3 is 0 Å². The van der Waals surface area contributed by atoms with Gasteiger partial charge in [-0.1, -0.05) is 6.92 Å². The maximum Gasteiger partial charge on any atom is 0.238 e. The Morgan fingerprint density at radius 3 is 2.60 bits per heavy atom. The fourth-order valence-corrected chi connectivity index (χ4v) is 2.33. The first-order chi connectivity index (χ1) is 9.49. The molecule has 1 heterocycles. The standard InChI is InChI=1S/C13H18N4O2S/c1-2-7-17-10-11(9-16-17)8-15-12-3-5-13(6-4-12)20(14,18)19/h3-6,9-10,15H,2,7-8H2,1H3,(H2,14,18,19). The largest absolute Gasteiger partial charge is 0.381 e. The van der Waals surface area contributed by atoms with Crippen molar-refractivity contribution < 1.29 is 8.42 Å². The predicted molar refractivity (Wildman–Crippen MR) is 77.7 cm³/mol. The van der Waals surface area contributed by atoms with Gasteiger partial charge in [0.05, 0.1) is 11.1 Å². The Morgan fingerprint density at radius 2 is 2.00 bits per heavy atom. The van der Waals surface area contributed by atoms with Gasteiger partial charge in [-0.15, -0.1) is 0 Å². The monoisotopic (exact) mass is 294 g/mol. The van der Waals surface area contributed by atoms with E-state index < -0.39 is 10.0 Å². The smallest absolute Gasteiger partial charge is 0.238 e. The van der Waals surface area contributed by atoms with Crippen LogP contribution in [0.25, 0.3) is 0 Å². The first-order valence-corrected chi connectivity index (χ1v) is 7.92. The predicted octanol–water partition coefficient (Wildman–Crippen LogP) is 1.55. The van der Waals surface area contributed by atoms with Crippen molar-refractivity contribution in [1.82, 2.24) is 9.78 Å². The molecule has 7 heteroatoms. The number of nitrogens with one attached hydrogen (secondary N) is 1. The number of benzene rings is 1. The van der Waals surface area contributed by atoms with Crippen LogP contribution >= 0.6 is 0 Å². The van der Waals surface area contributed by atoms with Gasteiger partial charge < -0.3 is 5.32 Å². The number of primary sulfonamides is 1. The Kier molecular flexibility index (Phi) is 4.41. The van der Waals surface area contributed by atoms with Crippen LogP contribution in [0.5, 0.6) is 0 Å². The van der Waals surface area contributed by atoms with Crippen LogP contribution in [-0.2, 0) is 23.1 Å². The molecule has 0 fully saturated rings. The molecule has 0 saturated heterocycles. The number of rotatable bonds is 6. The van der Waals surface area contributed by atoms with Crippen LogP contribution in [0.15, 0.2) is 41.6 Å². The second-order valence-electron chi connectivity index (χ2n) is 4.53. The summed E-state index contributed by atoms with van der Waals surface area (Å²) in [4.78, 5) is 0.110. The molecule has 0 bridgehead atoms. The van der Waals surface area contributed by atoms with E-state index in [0.717, 1.165) is 24.2 Å². The van der Waals surface area contributed by atoms with Gasteiger partial charge in [-0.05, 0) is 30.7 Å². The molecule has 0 aliphatic heterocycles. The van der Waals surface area contributed by atoms with Crippen molar-refractivity contribution in [3.8, 4) is 0 Å². The van der Waals surface area contributed by atoms with Crippen molar-refractivity contribution in [2.75, 3.05) is 5.32 Å². The molecule has 1 aromatic carbocycles. The zero-order valence-corrected chi connectivity index (χ0v) is 12.1. The van der Waals surface area contributed by atoms with Crippen LogP contribution in [0.1, 0.15) is 18.9 Å². The highest BCUT2D eigenvalue weighted by Crippen LogP contribution is 2.13. The van der Waals surface area contributed by atoms with Crippen LogP contribution in [0, 0.1) is 0 Å². The Morgan fingerprint density at radius 1 is 1.30 bits per heavy atom. The number of nitrogens with two attached hydrogens (primary N) is 1. The highest BCUT2D eigenvalue weighted by molar-refractivity contribution is 7.89. The van der Waals surface area contributed by atoms with Gasteiger partial charge in [-0.3, -0.25) is 4.68 Å². The van der Waals surface area contributed by atoms with Crippen LogP contribution < -0.4 is 10.5 Å². The van der Waals surface area contributed by atoms with E-state index in [4.69, 9.17) is 5.14 Å². The maximum absolute atomic E-state index is 11.1. The number of hydrogen-bond acceptors (Lipinski definition) is 4. The van der Waals surface area contributed by atoms with Crippen LogP contribution in [-0.4, -0.2) is 18.2 Å². The van der Waals surface area contributed by atoms with E-state index in [9.17, 15) is 8.42 Å². The van der Waals surface area contributed by atoms with E-state index in [0.29, 0.717) is 6.54 Å². The lowest BCUT2D eigenvalue weighted by atomic mass is 10.3. The molecule has 0 aliphatic rings. The minimum Gasteiger partial charge on any atom is -0.381 e.